The van der Waals surface area contributed by atoms with Gasteiger partial charge in [-0.1, -0.05) is 0 Å². The van der Waals surface area contributed by atoms with Gasteiger partial charge in [-0.15, -0.1) is 11.3 Å². The summed E-state index contributed by atoms with van der Waals surface area (Å²) in [5, 5.41) is 16.8. The predicted octanol–water partition coefficient (Wildman–Crippen LogP) is 4.93. The van der Waals surface area contributed by atoms with Crippen molar-refractivity contribution in [3.63, 3.8) is 0 Å². The third kappa shape index (κ3) is 2.84. The van der Waals surface area contributed by atoms with Crippen LogP contribution in [0.25, 0.3) is 32.2 Å². The second-order valence-corrected chi connectivity index (χ2v) is 7.50. The lowest BCUT2D eigenvalue weighted by Gasteiger charge is -2.10. The molecule has 0 spiro atoms. The molecule has 9 heteroatoms. The molecule has 0 amide bonds. The van der Waals surface area contributed by atoms with Gasteiger partial charge in [-0.3, -0.25) is 5.10 Å². The molecule has 0 aliphatic carbocycles. The maximum absolute atomic E-state index is 4.72. The highest BCUT2D eigenvalue weighted by atomic mass is 32.1. The van der Waals surface area contributed by atoms with E-state index in [9.17, 15) is 0 Å². The lowest BCUT2D eigenvalue weighted by Crippen LogP contribution is -2.01. The van der Waals surface area contributed by atoms with Gasteiger partial charge in [0.05, 0.1) is 39.3 Å². The second-order valence-electron chi connectivity index (χ2n) is 6.59. The van der Waals surface area contributed by atoms with Gasteiger partial charge in [0, 0.05) is 16.8 Å². The largest absolute Gasteiger partial charge is 0.345 e. The van der Waals surface area contributed by atoms with Gasteiger partial charge in [-0.05, 0) is 47.8 Å². The Morgan fingerprint density at radius 3 is 2.72 bits per heavy atom. The van der Waals surface area contributed by atoms with Gasteiger partial charge < -0.3 is 15.6 Å². The molecule has 29 heavy (non-hydrogen) atoms. The van der Waals surface area contributed by atoms with Crippen LogP contribution in [-0.4, -0.2) is 30.1 Å². The van der Waals surface area contributed by atoms with Gasteiger partial charge in [0.25, 0.3) is 0 Å². The quantitative estimate of drug-likeness (QED) is 0.335. The number of benzene rings is 2. The van der Waals surface area contributed by atoms with E-state index in [2.05, 4.69) is 35.8 Å². The molecule has 0 unspecified atom stereocenters. The summed E-state index contributed by atoms with van der Waals surface area (Å²) in [6.45, 7) is 0. The number of imidazole rings is 1. The van der Waals surface area contributed by atoms with E-state index >= 15 is 0 Å². The summed E-state index contributed by atoms with van der Waals surface area (Å²) in [6.07, 6.45) is 3.49. The van der Waals surface area contributed by atoms with Crippen LogP contribution in [0.5, 0.6) is 0 Å². The Kier molecular flexibility index (Phi) is 3.47. The van der Waals surface area contributed by atoms with Crippen molar-refractivity contribution in [2.75, 3.05) is 10.6 Å². The van der Waals surface area contributed by atoms with E-state index in [0.717, 1.165) is 49.3 Å². The smallest absolute Gasteiger partial charge is 0.229 e. The van der Waals surface area contributed by atoms with E-state index in [4.69, 9.17) is 4.98 Å². The van der Waals surface area contributed by atoms with Crippen LogP contribution in [0.2, 0.25) is 0 Å². The minimum absolute atomic E-state index is 0.526. The molecule has 0 fully saturated rings. The van der Waals surface area contributed by atoms with Crippen molar-refractivity contribution >= 4 is 66.6 Å². The van der Waals surface area contributed by atoms with Crippen molar-refractivity contribution < 1.29 is 0 Å². The van der Waals surface area contributed by atoms with E-state index in [1.165, 1.54) is 0 Å². The number of fused-ring (bicyclic) bond motifs is 3. The predicted molar refractivity (Wildman–Crippen MR) is 116 cm³/mol. The Morgan fingerprint density at radius 2 is 1.76 bits per heavy atom. The lowest BCUT2D eigenvalue weighted by atomic mass is 10.2. The van der Waals surface area contributed by atoms with Gasteiger partial charge in [0.15, 0.2) is 5.82 Å². The zero-order valence-corrected chi connectivity index (χ0v) is 15.8. The third-order valence-electron chi connectivity index (χ3n) is 4.68. The van der Waals surface area contributed by atoms with Crippen molar-refractivity contribution in [2.45, 2.75) is 0 Å². The van der Waals surface area contributed by atoms with Gasteiger partial charge >= 0.3 is 0 Å². The van der Waals surface area contributed by atoms with E-state index in [1.807, 2.05) is 47.8 Å². The Balaban J connectivity index is 1.38. The van der Waals surface area contributed by atoms with Gasteiger partial charge in [0.1, 0.15) is 0 Å². The Bertz CT molecular complexity index is 1480. The van der Waals surface area contributed by atoms with E-state index in [-0.39, 0.29) is 0 Å². The molecule has 0 bridgehead atoms. The first kappa shape index (κ1) is 16.0. The molecule has 0 radical (unpaired) electrons. The van der Waals surface area contributed by atoms with Gasteiger partial charge in [0.2, 0.25) is 5.95 Å². The minimum Gasteiger partial charge on any atom is -0.345 e. The SMILES string of the molecule is c1nc2cc(Nc3nc(Nc4ccc5[nH]ncc5c4)c4sccc4n3)ccc2[nH]1. The molecule has 0 atom stereocenters. The molecule has 4 aromatic heterocycles. The maximum atomic E-state index is 4.72. The standard InChI is InChI=1S/C20H14N8S/c1-3-14-11(9-23-28-14)7-12(1)24-19-18-16(5-6-29-18)26-20(27-19)25-13-2-4-15-17(8-13)22-10-21-15/h1-10H,(H,21,22)(H,23,28)(H2,24,25,26,27). The third-order valence-corrected chi connectivity index (χ3v) is 5.59. The molecule has 0 saturated carbocycles. The number of anilines is 4. The molecule has 140 valence electrons. The minimum atomic E-state index is 0.526. The number of nitrogens with zero attached hydrogens (tertiary/aromatic N) is 4. The summed E-state index contributed by atoms with van der Waals surface area (Å²) >= 11 is 1.61. The average Bonchev–Trinajstić information content (AvgIpc) is 3.47. The first-order valence-electron chi connectivity index (χ1n) is 8.97. The number of aromatic nitrogens is 6. The summed E-state index contributed by atoms with van der Waals surface area (Å²) in [5.74, 6) is 1.29. The molecular weight excluding hydrogens is 384 g/mol. The summed E-state index contributed by atoms with van der Waals surface area (Å²) in [7, 11) is 0. The highest BCUT2D eigenvalue weighted by molar-refractivity contribution is 7.17. The van der Waals surface area contributed by atoms with Crippen LogP contribution in [0.4, 0.5) is 23.1 Å². The fourth-order valence-electron chi connectivity index (χ4n) is 3.30. The summed E-state index contributed by atoms with van der Waals surface area (Å²) < 4.78 is 1.01. The first-order chi connectivity index (χ1) is 14.3. The number of hydrogen-bond donors (Lipinski definition) is 4. The van der Waals surface area contributed by atoms with Crippen LogP contribution in [-0.2, 0) is 0 Å². The molecule has 4 N–H and O–H groups in total. The van der Waals surface area contributed by atoms with E-state index in [0.29, 0.717) is 5.95 Å². The monoisotopic (exact) mass is 398 g/mol. The van der Waals surface area contributed by atoms with Crippen molar-refractivity contribution in [2.24, 2.45) is 0 Å². The second kappa shape index (κ2) is 6.28. The topological polar surface area (TPSA) is 107 Å². The summed E-state index contributed by atoms with van der Waals surface area (Å²) in [6, 6.07) is 13.9. The molecule has 0 aliphatic heterocycles. The van der Waals surface area contributed by atoms with Crippen molar-refractivity contribution in [3.8, 4) is 0 Å². The fraction of sp³-hybridized carbons (Fsp3) is 0. The average molecular weight is 398 g/mol. The van der Waals surface area contributed by atoms with Crippen LogP contribution < -0.4 is 10.6 Å². The summed E-state index contributed by atoms with van der Waals surface area (Å²) in [5.41, 5.74) is 5.58. The Morgan fingerprint density at radius 1 is 0.862 bits per heavy atom. The van der Waals surface area contributed by atoms with Crippen LogP contribution >= 0.6 is 11.3 Å². The van der Waals surface area contributed by atoms with E-state index in [1.54, 1.807) is 23.9 Å². The number of H-pyrrole nitrogens is 2. The molecule has 2 aromatic carbocycles. The van der Waals surface area contributed by atoms with Crippen LogP contribution in [0.15, 0.2) is 60.4 Å². The molecule has 8 nitrogen and oxygen atoms in total. The maximum Gasteiger partial charge on any atom is 0.229 e. The van der Waals surface area contributed by atoms with Gasteiger partial charge in [-0.25, -0.2) is 9.97 Å². The number of aromatic amines is 2. The molecule has 4 heterocycles. The molecule has 0 saturated heterocycles. The first-order valence-corrected chi connectivity index (χ1v) is 9.85. The molecular formula is C20H14N8S. The van der Waals surface area contributed by atoms with Crippen LogP contribution in [0.3, 0.4) is 0 Å². The fourth-order valence-corrected chi connectivity index (χ4v) is 4.08. The Labute approximate surface area is 168 Å². The zero-order valence-electron chi connectivity index (χ0n) is 15.0. The van der Waals surface area contributed by atoms with E-state index < -0.39 is 0 Å². The van der Waals surface area contributed by atoms with Crippen molar-refractivity contribution in [1.82, 2.24) is 30.1 Å². The normalized spacial score (nSPS) is 11.4. The zero-order chi connectivity index (χ0) is 19.2. The van der Waals surface area contributed by atoms with Gasteiger partial charge in [-0.2, -0.15) is 10.1 Å². The Hall–Kier alpha value is -3.98. The highest BCUT2D eigenvalue weighted by Crippen LogP contribution is 2.31. The number of nitrogens with one attached hydrogen (secondary N) is 4. The van der Waals surface area contributed by atoms with Crippen molar-refractivity contribution in [3.05, 3.63) is 60.4 Å². The number of thiophene rings is 1. The van der Waals surface area contributed by atoms with Crippen molar-refractivity contribution in [1.29, 1.82) is 0 Å². The number of rotatable bonds is 4. The summed E-state index contributed by atoms with van der Waals surface area (Å²) in [4.78, 5) is 16.8. The number of hydrogen-bond acceptors (Lipinski definition) is 7. The highest BCUT2D eigenvalue weighted by Gasteiger charge is 2.11. The molecule has 6 rings (SSSR count). The molecule has 0 aliphatic rings. The van der Waals surface area contributed by atoms with Crippen LogP contribution in [0, 0.1) is 0 Å². The lowest BCUT2D eigenvalue weighted by molar-refractivity contribution is 1.12. The van der Waals surface area contributed by atoms with Crippen LogP contribution in [0.1, 0.15) is 0 Å². The molecule has 6 aromatic rings.